The SMILES string of the molecule is CC#Cc1cccc2c1-c1ccc(CS(N)(=O)=O)cc1C(c1cccc(Cl)c1)O2. The van der Waals surface area contributed by atoms with Crippen LogP contribution in [0.2, 0.25) is 5.02 Å². The molecular formula is C23H18ClNO3S. The third kappa shape index (κ3) is 4.01. The molecule has 3 aromatic carbocycles. The van der Waals surface area contributed by atoms with Gasteiger partial charge in [0.15, 0.2) is 0 Å². The molecular weight excluding hydrogens is 406 g/mol. The van der Waals surface area contributed by atoms with Gasteiger partial charge in [0.25, 0.3) is 0 Å². The Morgan fingerprint density at radius 1 is 1.10 bits per heavy atom. The summed E-state index contributed by atoms with van der Waals surface area (Å²) in [5, 5.41) is 5.86. The van der Waals surface area contributed by atoms with Gasteiger partial charge in [0, 0.05) is 21.7 Å². The Labute approximate surface area is 175 Å². The first-order valence-corrected chi connectivity index (χ1v) is 11.1. The van der Waals surface area contributed by atoms with Gasteiger partial charge in [0.2, 0.25) is 10.0 Å². The van der Waals surface area contributed by atoms with Gasteiger partial charge in [-0.2, -0.15) is 0 Å². The molecule has 1 atom stereocenters. The Hall–Kier alpha value is -2.78. The lowest BCUT2D eigenvalue weighted by molar-refractivity contribution is 0.243. The number of rotatable bonds is 3. The number of benzene rings is 3. The average molecular weight is 424 g/mol. The summed E-state index contributed by atoms with van der Waals surface area (Å²) in [6.45, 7) is 1.79. The zero-order chi connectivity index (χ0) is 20.6. The highest BCUT2D eigenvalue weighted by molar-refractivity contribution is 7.88. The molecule has 2 N–H and O–H groups in total. The Morgan fingerprint density at radius 2 is 1.90 bits per heavy atom. The monoisotopic (exact) mass is 423 g/mol. The number of fused-ring (bicyclic) bond motifs is 3. The lowest BCUT2D eigenvalue weighted by Crippen LogP contribution is -2.18. The fourth-order valence-corrected chi connectivity index (χ4v) is 4.48. The van der Waals surface area contributed by atoms with E-state index in [1.807, 2.05) is 48.5 Å². The zero-order valence-corrected chi connectivity index (χ0v) is 17.2. The van der Waals surface area contributed by atoms with E-state index in [1.165, 1.54) is 0 Å². The molecule has 0 fully saturated rings. The molecule has 0 saturated heterocycles. The topological polar surface area (TPSA) is 69.4 Å². The fourth-order valence-electron chi connectivity index (χ4n) is 3.63. The molecule has 0 bridgehead atoms. The van der Waals surface area contributed by atoms with Crippen molar-refractivity contribution in [1.29, 1.82) is 0 Å². The molecule has 0 spiro atoms. The van der Waals surface area contributed by atoms with E-state index in [-0.39, 0.29) is 5.75 Å². The van der Waals surface area contributed by atoms with E-state index in [0.29, 0.717) is 10.6 Å². The van der Waals surface area contributed by atoms with Crippen LogP contribution in [-0.4, -0.2) is 8.42 Å². The predicted octanol–water partition coefficient (Wildman–Crippen LogP) is 4.65. The molecule has 1 heterocycles. The minimum absolute atomic E-state index is 0.244. The van der Waals surface area contributed by atoms with Crippen LogP contribution < -0.4 is 9.88 Å². The molecule has 0 amide bonds. The predicted molar refractivity (Wildman–Crippen MR) is 115 cm³/mol. The van der Waals surface area contributed by atoms with Crippen molar-refractivity contribution in [3.8, 4) is 28.7 Å². The summed E-state index contributed by atoms with van der Waals surface area (Å²) < 4.78 is 29.6. The summed E-state index contributed by atoms with van der Waals surface area (Å²) >= 11 is 6.21. The molecule has 0 radical (unpaired) electrons. The van der Waals surface area contributed by atoms with Crippen molar-refractivity contribution in [2.24, 2.45) is 5.14 Å². The zero-order valence-electron chi connectivity index (χ0n) is 15.6. The second kappa shape index (κ2) is 7.57. The second-order valence-electron chi connectivity index (χ2n) is 6.84. The molecule has 0 aliphatic carbocycles. The van der Waals surface area contributed by atoms with Gasteiger partial charge in [0.1, 0.15) is 11.9 Å². The maximum absolute atomic E-state index is 11.6. The number of nitrogens with two attached hydrogens (primary N) is 1. The highest BCUT2D eigenvalue weighted by atomic mass is 35.5. The molecule has 0 aromatic heterocycles. The van der Waals surface area contributed by atoms with Crippen molar-refractivity contribution < 1.29 is 13.2 Å². The van der Waals surface area contributed by atoms with Gasteiger partial charge in [-0.15, -0.1) is 5.92 Å². The molecule has 4 nitrogen and oxygen atoms in total. The van der Waals surface area contributed by atoms with Crippen LogP contribution in [0.4, 0.5) is 0 Å². The van der Waals surface area contributed by atoms with Gasteiger partial charge in [-0.3, -0.25) is 0 Å². The Balaban J connectivity index is 1.95. The van der Waals surface area contributed by atoms with E-state index in [0.717, 1.165) is 33.6 Å². The van der Waals surface area contributed by atoms with Crippen molar-refractivity contribution in [2.45, 2.75) is 18.8 Å². The number of sulfonamides is 1. The molecule has 4 rings (SSSR count). The van der Waals surface area contributed by atoms with E-state index >= 15 is 0 Å². The number of ether oxygens (including phenoxy) is 1. The maximum Gasteiger partial charge on any atom is 0.213 e. The van der Waals surface area contributed by atoms with Crippen LogP contribution in [0.3, 0.4) is 0 Å². The lowest BCUT2D eigenvalue weighted by atomic mass is 9.86. The first-order valence-electron chi connectivity index (χ1n) is 8.97. The third-order valence-corrected chi connectivity index (χ3v) is 5.69. The first kappa shape index (κ1) is 19.5. The van der Waals surface area contributed by atoms with Crippen LogP contribution in [0.15, 0.2) is 60.7 Å². The lowest BCUT2D eigenvalue weighted by Gasteiger charge is -2.30. The average Bonchev–Trinajstić information content (AvgIpc) is 2.66. The van der Waals surface area contributed by atoms with Gasteiger partial charge in [-0.05, 0) is 47.9 Å². The standard InChI is InChI=1S/C23H18ClNO3S/c1-2-5-16-6-4-9-21-22(16)19-11-10-15(14-29(25,26)27)12-20(19)23(28-21)17-7-3-8-18(24)13-17/h3-4,6-13,23H,14H2,1H3,(H2,25,26,27). The molecule has 146 valence electrons. The van der Waals surface area contributed by atoms with E-state index in [2.05, 4.69) is 11.8 Å². The Morgan fingerprint density at radius 3 is 2.62 bits per heavy atom. The number of hydrogen-bond donors (Lipinski definition) is 1. The largest absolute Gasteiger partial charge is 0.480 e. The second-order valence-corrected chi connectivity index (χ2v) is 8.89. The van der Waals surface area contributed by atoms with Gasteiger partial charge < -0.3 is 4.74 Å². The first-order chi connectivity index (χ1) is 13.9. The summed E-state index contributed by atoms with van der Waals surface area (Å²) in [7, 11) is -3.65. The summed E-state index contributed by atoms with van der Waals surface area (Å²) in [5.74, 6) is 6.54. The van der Waals surface area contributed by atoms with Gasteiger partial charge in [-0.1, -0.05) is 53.9 Å². The third-order valence-electron chi connectivity index (χ3n) is 4.72. The molecule has 29 heavy (non-hydrogen) atoms. The fraction of sp³-hybridized carbons (Fsp3) is 0.130. The highest BCUT2D eigenvalue weighted by Crippen LogP contribution is 2.46. The van der Waals surface area contributed by atoms with Crippen LogP contribution in [0.1, 0.15) is 35.3 Å². The van der Waals surface area contributed by atoms with E-state index < -0.39 is 16.1 Å². The van der Waals surface area contributed by atoms with Gasteiger partial charge in [0.05, 0.1) is 5.75 Å². The summed E-state index contributed by atoms with van der Waals surface area (Å²) in [5.41, 5.74) is 5.04. The van der Waals surface area contributed by atoms with Crippen molar-refractivity contribution >= 4 is 21.6 Å². The molecule has 1 unspecified atom stereocenters. The van der Waals surface area contributed by atoms with Crippen molar-refractivity contribution in [3.63, 3.8) is 0 Å². The molecule has 1 aliphatic rings. The van der Waals surface area contributed by atoms with Gasteiger partial charge in [-0.25, -0.2) is 13.6 Å². The van der Waals surface area contributed by atoms with Crippen LogP contribution in [0.25, 0.3) is 11.1 Å². The summed E-state index contributed by atoms with van der Waals surface area (Å²) in [6, 6.07) is 18.8. The summed E-state index contributed by atoms with van der Waals surface area (Å²) in [6.07, 6.45) is -0.429. The minimum atomic E-state index is -3.65. The number of primary sulfonamides is 1. The number of halogens is 1. The maximum atomic E-state index is 11.6. The minimum Gasteiger partial charge on any atom is -0.480 e. The smallest absolute Gasteiger partial charge is 0.213 e. The molecule has 6 heteroatoms. The van der Waals surface area contributed by atoms with E-state index in [4.69, 9.17) is 21.5 Å². The quantitative estimate of drug-likeness (QED) is 0.623. The molecule has 1 aliphatic heterocycles. The number of hydrogen-bond acceptors (Lipinski definition) is 3. The van der Waals surface area contributed by atoms with Crippen LogP contribution in [0, 0.1) is 11.8 Å². The Bertz CT molecular complexity index is 1270. The van der Waals surface area contributed by atoms with Crippen LogP contribution in [0.5, 0.6) is 5.75 Å². The van der Waals surface area contributed by atoms with Gasteiger partial charge >= 0.3 is 0 Å². The molecule has 3 aromatic rings. The van der Waals surface area contributed by atoms with E-state index in [1.54, 1.807) is 19.1 Å². The van der Waals surface area contributed by atoms with Crippen molar-refractivity contribution in [1.82, 2.24) is 0 Å². The molecule has 0 saturated carbocycles. The Kier molecular flexibility index (Phi) is 5.10. The van der Waals surface area contributed by atoms with Crippen molar-refractivity contribution in [2.75, 3.05) is 0 Å². The highest BCUT2D eigenvalue weighted by Gasteiger charge is 2.29. The van der Waals surface area contributed by atoms with E-state index in [9.17, 15) is 8.42 Å². The van der Waals surface area contributed by atoms with Crippen molar-refractivity contribution in [3.05, 3.63) is 87.9 Å². The summed E-state index contributed by atoms with van der Waals surface area (Å²) in [4.78, 5) is 0. The van der Waals surface area contributed by atoms with Crippen LogP contribution >= 0.6 is 11.6 Å². The normalized spacial score (nSPS) is 14.8. The van der Waals surface area contributed by atoms with Crippen LogP contribution in [-0.2, 0) is 15.8 Å².